The Bertz CT molecular complexity index is 396. The molecule has 0 aliphatic carbocycles. The lowest BCUT2D eigenvalue weighted by molar-refractivity contribution is 0.0710. The standard InChI is InChI=1S/C12H17BrN2O2/c1-3-17-7-6-15(2)12(16)9-4-5-10(13)11(14)8-9/h4-5,8H,3,6-7,14H2,1-2H3. The number of likely N-dealkylation sites (N-methyl/N-ethyl adjacent to an activating group) is 1. The molecule has 0 aliphatic heterocycles. The average Bonchev–Trinajstić information content (AvgIpc) is 2.32. The molecule has 17 heavy (non-hydrogen) atoms. The van der Waals surface area contributed by atoms with Gasteiger partial charge in [0.05, 0.1) is 6.61 Å². The number of hydrogen-bond donors (Lipinski definition) is 1. The van der Waals surface area contributed by atoms with Crippen molar-refractivity contribution in [1.82, 2.24) is 4.90 Å². The zero-order chi connectivity index (χ0) is 12.8. The van der Waals surface area contributed by atoms with Crippen LogP contribution in [0.15, 0.2) is 22.7 Å². The monoisotopic (exact) mass is 300 g/mol. The Morgan fingerprint density at radius 2 is 2.24 bits per heavy atom. The SMILES string of the molecule is CCOCCN(C)C(=O)c1ccc(Br)c(N)c1. The van der Waals surface area contributed by atoms with E-state index in [0.717, 1.165) is 4.47 Å². The Hall–Kier alpha value is -1.07. The molecule has 0 heterocycles. The van der Waals surface area contributed by atoms with Crippen molar-refractivity contribution < 1.29 is 9.53 Å². The van der Waals surface area contributed by atoms with Crippen molar-refractivity contribution in [3.05, 3.63) is 28.2 Å². The first-order valence-corrected chi connectivity index (χ1v) is 6.23. The van der Waals surface area contributed by atoms with Crippen LogP contribution < -0.4 is 5.73 Å². The van der Waals surface area contributed by atoms with Gasteiger partial charge in [-0.25, -0.2) is 0 Å². The van der Waals surface area contributed by atoms with Crippen molar-refractivity contribution in [3.63, 3.8) is 0 Å². The first-order chi connectivity index (χ1) is 8.06. The predicted octanol–water partition coefficient (Wildman–Crippen LogP) is 2.14. The number of amides is 1. The van der Waals surface area contributed by atoms with Crippen LogP contribution in [0, 0.1) is 0 Å². The Kier molecular flexibility index (Phi) is 5.44. The fourth-order valence-electron chi connectivity index (χ4n) is 1.34. The highest BCUT2D eigenvalue weighted by Crippen LogP contribution is 2.20. The molecule has 0 radical (unpaired) electrons. The summed E-state index contributed by atoms with van der Waals surface area (Å²) in [4.78, 5) is 13.6. The van der Waals surface area contributed by atoms with Crippen molar-refractivity contribution in [2.45, 2.75) is 6.92 Å². The van der Waals surface area contributed by atoms with Gasteiger partial charge in [0.25, 0.3) is 5.91 Å². The Morgan fingerprint density at radius 3 is 2.82 bits per heavy atom. The van der Waals surface area contributed by atoms with Gasteiger partial charge < -0.3 is 15.4 Å². The Labute approximate surface area is 110 Å². The Balaban J connectivity index is 2.65. The molecule has 0 saturated carbocycles. The van der Waals surface area contributed by atoms with Crippen LogP contribution in [-0.2, 0) is 4.74 Å². The average molecular weight is 301 g/mol. The maximum absolute atomic E-state index is 12.0. The third-order valence-electron chi connectivity index (χ3n) is 2.36. The molecule has 0 saturated heterocycles. The van der Waals surface area contributed by atoms with Crippen LogP contribution in [-0.4, -0.2) is 37.6 Å². The second kappa shape index (κ2) is 6.61. The van der Waals surface area contributed by atoms with Crippen molar-refractivity contribution >= 4 is 27.5 Å². The zero-order valence-corrected chi connectivity index (χ0v) is 11.7. The second-order valence-corrected chi connectivity index (χ2v) is 4.51. The van der Waals surface area contributed by atoms with Crippen LogP contribution in [0.3, 0.4) is 0 Å². The fourth-order valence-corrected chi connectivity index (χ4v) is 1.59. The van der Waals surface area contributed by atoms with Crippen molar-refractivity contribution in [2.75, 3.05) is 32.5 Å². The number of nitrogen functional groups attached to an aromatic ring is 1. The summed E-state index contributed by atoms with van der Waals surface area (Å²) in [6.07, 6.45) is 0. The molecule has 0 unspecified atom stereocenters. The van der Waals surface area contributed by atoms with Gasteiger partial charge in [-0.05, 0) is 41.1 Å². The first-order valence-electron chi connectivity index (χ1n) is 5.44. The number of carbonyl (C=O) groups is 1. The second-order valence-electron chi connectivity index (χ2n) is 3.66. The largest absolute Gasteiger partial charge is 0.398 e. The zero-order valence-electron chi connectivity index (χ0n) is 10.1. The van der Waals surface area contributed by atoms with E-state index in [2.05, 4.69) is 15.9 Å². The lowest BCUT2D eigenvalue weighted by Gasteiger charge is -2.17. The number of ether oxygens (including phenoxy) is 1. The smallest absolute Gasteiger partial charge is 0.253 e. The van der Waals surface area contributed by atoms with Gasteiger partial charge >= 0.3 is 0 Å². The minimum Gasteiger partial charge on any atom is -0.398 e. The topological polar surface area (TPSA) is 55.6 Å². The molecule has 5 heteroatoms. The van der Waals surface area contributed by atoms with E-state index in [1.807, 2.05) is 6.92 Å². The Morgan fingerprint density at radius 1 is 1.53 bits per heavy atom. The van der Waals surface area contributed by atoms with E-state index in [0.29, 0.717) is 31.0 Å². The third kappa shape index (κ3) is 4.02. The lowest BCUT2D eigenvalue weighted by Crippen LogP contribution is -2.30. The maximum atomic E-state index is 12.0. The molecule has 1 rings (SSSR count). The van der Waals surface area contributed by atoms with Crippen molar-refractivity contribution in [1.29, 1.82) is 0 Å². The van der Waals surface area contributed by atoms with Gasteiger partial charge in [-0.15, -0.1) is 0 Å². The molecule has 2 N–H and O–H groups in total. The van der Waals surface area contributed by atoms with Gasteiger partial charge in [0.2, 0.25) is 0 Å². The van der Waals surface area contributed by atoms with Gasteiger partial charge in [0.15, 0.2) is 0 Å². The molecule has 1 aromatic rings. The molecule has 0 aromatic heterocycles. The van der Waals surface area contributed by atoms with E-state index in [4.69, 9.17) is 10.5 Å². The molecular formula is C12H17BrN2O2. The molecule has 1 amide bonds. The molecule has 0 atom stereocenters. The lowest BCUT2D eigenvalue weighted by atomic mass is 10.2. The summed E-state index contributed by atoms with van der Waals surface area (Å²) in [7, 11) is 1.75. The van der Waals surface area contributed by atoms with Crippen LogP contribution in [0.4, 0.5) is 5.69 Å². The minimum absolute atomic E-state index is 0.0519. The van der Waals surface area contributed by atoms with Gasteiger partial charge in [0.1, 0.15) is 0 Å². The van der Waals surface area contributed by atoms with Gasteiger partial charge in [-0.3, -0.25) is 4.79 Å². The van der Waals surface area contributed by atoms with Gasteiger partial charge in [-0.1, -0.05) is 0 Å². The molecule has 0 aliphatic rings. The quantitative estimate of drug-likeness (QED) is 0.669. The van der Waals surface area contributed by atoms with E-state index in [1.54, 1.807) is 30.1 Å². The van der Waals surface area contributed by atoms with Gasteiger partial charge in [-0.2, -0.15) is 0 Å². The van der Waals surface area contributed by atoms with Crippen molar-refractivity contribution in [3.8, 4) is 0 Å². The van der Waals surface area contributed by atoms with Crippen molar-refractivity contribution in [2.24, 2.45) is 0 Å². The van der Waals surface area contributed by atoms with E-state index >= 15 is 0 Å². The maximum Gasteiger partial charge on any atom is 0.253 e. The molecule has 0 fully saturated rings. The third-order valence-corrected chi connectivity index (χ3v) is 3.09. The predicted molar refractivity (Wildman–Crippen MR) is 72.0 cm³/mol. The molecule has 0 bridgehead atoms. The fraction of sp³-hybridized carbons (Fsp3) is 0.417. The number of halogens is 1. The summed E-state index contributed by atoms with van der Waals surface area (Å²) in [6.45, 7) is 3.71. The summed E-state index contributed by atoms with van der Waals surface area (Å²) in [5.74, 6) is -0.0519. The van der Waals surface area contributed by atoms with Crippen LogP contribution >= 0.6 is 15.9 Å². The van der Waals surface area contributed by atoms with E-state index in [9.17, 15) is 4.79 Å². The first kappa shape index (κ1) is 14.0. The van der Waals surface area contributed by atoms with E-state index < -0.39 is 0 Å². The number of carbonyl (C=O) groups excluding carboxylic acids is 1. The van der Waals surface area contributed by atoms with Crippen LogP contribution in [0.25, 0.3) is 0 Å². The highest BCUT2D eigenvalue weighted by molar-refractivity contribution is 9.10. The molecule has 94 valence electrons. The van der Waals surface area contributed by atoms with E-state index in [-0.39, 0.29) is 5.91 Å². The molecule has 4 nitrogen and oxygen atoms in total. The number of rotatable bonds is 5. The molecule has 0 spiro atoms. The summed E-state index contributed by atoms with van der Waals surface area (Å²) in [5.41, 5.74) is 6.89. The summed E-state index contributed by atoms with van der Waals surface area (Å²) in [5, 5.41) is 0. The van der Waals surface area contributed by atoms with Crippen LogP contribution in [0.5, 0.6) is 0 Å². The number of benzene rings is 1. The number of anilines is 1. The minimum atomic E-state index is -0.0519. The van der Waals surface area contributed by atoms with E-state index in [1.165, 1.54) is 0 Å². The number of nitrogens with two attached hydrogens (primary N) is 1. The van der Waals surface area contributed by atoms with Crippen LogP contribution in [0.2, 0.25) is 0 Å². The van der Waals surface area contributed by atoms with Gasteiger partial charge in [0, 0.05) is 35.9 Å². The van der Waals surface area contributed by atoms with Crippen LogP contribution in [0.1, 0.15) is 17.3 Å². The summed E-state index contributed by atoms with van der Waals surface area (Å²) < 4.78 is 6.00. The highest BCUT2D eigenvalue weighted by atomic mass is 79.9. The number of nitrogens with zero attached hydrogens (tertiary/aromatic N) is 1. The number of hydrogen-bond acceptors (Lipinski definition) is 3. The molecular weight excluding hydrogens is 284 g/mol. The normalized spacial score (nSPS) is 10.3. The molecule has 1 aromatic carbocycles. The highest BCUT2D eigenvalue weighted by Gasteiger charge is 2.12. The summed E-state index contributed by atoms with van der Waals surface area (Å²) in [6, 6.07) is 5.20. The summed E-state index contributed by atoms with van der Waals surface area (Å²) >= 11 is 3.30.